The molecule has 2 aliphatic rings. The number of hydrogen-bond acceptors (Lipinski definition) is 6. The van der Waals surface area contributed by atoms with Crippen molar-refractivity contribution >= 4 is 40.3 Å². The Morgan fingerprint density at radius 2 is 1.91 bits per heavy atom. The van der Waals surface area contributed by atoms with E-state index in [0.717, 1.165) is 29.7 Å². The van der Waals surface area contributed by atoms with E-state index in [4.69, 9.17) is 5.11 Å². The average Bonchev–Trinajstić information content (AvgIpc) is 3.53. The van der Waals surface area contributed by atoms with Gasteiger partial charge >= 0.3 is 5.97 Å². The molecule has 1 N–H and O–H groups in total. The molecule has 2 unspecified atom stereocenters. The minimum Gasteiger partial charge on any atom is -0.481 e. The zero-order chi connectivity index (χ0) is 24.5. The Morgan fingerprint density at radius 3 is 2.63 bits per heavy atom. The van der Waals surface area contributed by atoms with Crippen molar-refractivity contribution in [2.24, 2.45) is 0 Å². The Bertz CT molecular complexity index is 1560. The van der Waals surface area contributed by atoms with Crippen LogP contribution in [0, 0.1) is 22.7 Å². The van der Waals surface area contributed by atoms with Crippen molar-refractivity contribution < 1.29 is 9.90 Å². The fraction of sp³-hybridized carbons (Fsp3) is 0.259. The highest BCUT2D eigenvalue weighted by Crippen LogP contribution is 2.52. The SMILES string of the molecule is N#CC(C#N)=c1sc(=Cc2ccc3c(c2)C2CCCC2N3c2ccccc2)c(=O)n1CCC(=O)O. The molecule has 1 aliphatic carbocycles. The molecule has 3 aromatic rings. The molecule has 0 spiro atoms. The summed E-state index contributed by atoms with van der Waals surface area (Å²) < 4.78 is 1.79. The molecular weight excluding hydrogens is 460 g/mol. The first kappa shape index (κ1) is 22.6. The first-order chi connectivity index (χ1) is 17.0. The Labute approximate surface area is 205 Å². The van der Waals surface area contributed by atoms with Gasteiger partial charge in [-0.05, 0) is 54.3 Å². The number of benzene rings is 2. The molecule has 35 heavy (non-hydrogen) atoms. The summed E-state index contributed by atoms with van der Waals surface area (Å²) in [5, 5.41) is 27.7. The molecule has 7 nitrogen and oxygen atoms in total. The Balaban J connectivity index is 1.62. The maximum Gasteiger partial charge on any atom is 0.305 e. The summed E-state index contributed by atoms with van der Waals surface area (Å²) in [6.45, 7) is -0.0966. The second kappa shape index (κ2) is 9.25. The lowest BCUT2D eigenvalue weighted by Crippen LogP contribution is -2.32. The van der Waals surface area contributed by atoms with Gasteiger partial charge in [-0.15, -0.1) is 11.3 Å². The third-order valence-corrected chi connectivity index (χ3v) is 7.88. The summed E-state index contributed by atoms with van der Waals surface area (Å²) in [7, 11) is 0. The Hall–Kier alpha value is -4.14. The molecule has 5 rings (SSSR count). The van der Waals surface area contributed by atoms with Crippen molar-refractivity contribution in [3.05, 3.63) is 79.2 Å². The number of hydrogen-bond donors (Lipinski definition) is 1. The molecule has 174 valence electrons. The van der Waals surface area contributed by atoms with Gasteiger partial charge < -0.3 is 10.0 Å². The van der Waals surface area contributed by atoms with Gasteiger partial charge in [-0.1, -0.05) is 30.7 Å². The van der Waals surface area contributed by atoms with Gasteiger partial charge in [-0.3, -0.25) is 14.2 Å². The van der Waals surface area contributed by atoms with E-state index >= 15 is 0 Å². The quantitative estimate of drug-likeness (QED) is 0.598. The van der Waals surface area contributed by atoms with Gasteiger partial charge in [0, 0.05) is 29.9 Å². The number of para-hydroxylation sites is 1. The highest BCUT2D eigenvalue weighted by atomic mass is 32.1. The van der Waals surface area contributed by atoms with Gasteiger partial charge in [0.1, 0.15) is 16.8 Å². The molecule has 1 fully saturated rings. The first-order valence-corrected chi connectivity index (χ1v) is 12.3. The molecule has 0 amide bonds. The average molecular weight is 483 g/mol. The van der Waals surface area contributed by atoms with Crippen LogP contribution in [0.3, 0.4) is 0 Å². The number of nitriles is 2. The van der Waals surface area contributed by atoms with Crippen LogP contribution in [0.25, 0.3) is 11.6 Å². The molecule has 2 heterocycles. The van der Waals surface area contributed by atoms with Crippen LogP contribution >= 0.6 is 11.3 Å². The minimum atomic E-state index is -1.05. The number of aromatic nitrogens is 1. The zero-order valence-electron chi connectivity index (χ0n) is 18.8. The fourth-order valence-corrected chi connectivity index (χ4v) is 6.36. The van der Waals surface area contributed by atoms with Crippen LogP contribution in [-0.4, -0.2) is 21.7 Å². The number of anilines is 2. The molecule has 0 saturated heterocycles. The molecule has 1 aliphatic heterocycles. The van der Waals surface area contributed by atoms with E-state index in [2.05, 4.69) is 41.3 Å². The molecule has 0 radical (unpaired) electrons. The van der Waals surface area contributed by atoms with Gasteiger partial charge in [0.05, 0.1) is 11.0 Å². The molecule has 1 aromatic heterocycles. The highest BCUT2D eigenvalue weighted by molar-refractivity contribution is 7.07. The number of rotatable bonds is 5. The predicted octanol–water partition coefficient (Wildman–Crippen LogP) is 3.20. The predicted molar refractivity (Wildman–Crippen MR) is 134 cm³/mol. The summed E-state index contributed by atoms with van der Waals surface area (Å²) in [5.74, 6) is -0.621. The van der Waals surface area contributed by atoms with Gasteiger partial charge in [-0.2, -0.15) is 10.5 Å². The number of carboxylic acids is 1. The highest BCUT2D eigenvalue weighted by Gasteiger charge is 2.41. The van der Waals surface area contributed by atoms with Crippen LogP contribution in [-0.2, 0) is 11.3 Å². The zero-order valence-corrected chi connectivity index (χ0v) is 19.7. The molecule has 1 saturated carbocycles. The number of aliphatic carboxylic acids is 1. The van der Waals surface area contributed by atoms with Gasteiger partial charge in [0.15, 0.2) is 5.57 Å². The normalized spacial score (nSPS) is 18.6. The van der Waals surface area contributed by atoms with Crippen LogP contribution < -0.4 is 19.7 Å². The molecule has 8 heteroatoms. The largest absolute Gasteiger partial charge is 0.481 e. The molecule has 0 bridgehead atoms. The molecule has 2 aromatic carbocycles. The van der Waals surface area contributed by atoms with E-state index in [1.807, 2.05) is 24.3 Å². The summed E-state index contributed by atoms with van der Waals surface area (Å²) in [6.07, 6.45) is 4.94. The van der Waals surface area contributed by atoms with Crippen molar-refractivity contribution in [3.63, 3.8) is 0 Å². The van der Waals surface area contributed by atoms with Crippen molar-refractivity contribution in [2.75, 3.05) is 4.90 Å². The third kappa shape index (κ3) is 4.03. The van der Waals surface area contributed by atoms with E-state index in [0.29, 0.717) is 16.5 Å². The van der Waals surface area contributed by atoms with Crippen molar-refractivity contribution in [1.29, 1.82) is 10.5 Å². The minimum absolute atomic E-state index is 0.0966. The van der Waals surface area contributed by atoms with E-state index in [1.165, 1.54) is 27.9 Å². The lowest BCUT2D eigenvalue weighted by atomic mass is 9.96. The lowest BCUT2D eigenvalue weighted by Gasteiger charge is -2.27. The maximum absolute atomic E-state index is 13.1. The second-order valence-electron chi connectivity index (χ2n) is 8.74. The Morgan fingerprint density at radius 1 is 1.14 bits per heavy atom. The van der Waals surface area contributed by atoms with Crippen LogP contribution in [0.5, 0.6) is 0 Å². The number of fused-ring (bicyclic) bond motifs is 3. The van der Waals surface area contributed by atoms with Gasteiger partial charge in [-0.25, -0.2) is 0 Å². The summed E-state index contributed by atoms with van der Waals surface area (Å²) in [4.78, 5) is 26.6. The molecular formula is C27H22N4O3S. The monoisotopic (exact) mass is 482 g/mol. The van der Waals surface area contributed by atoms with Crippen molar-refractivity contribution in [3.8, 4) is 12.1 Å². The van der Waals surface area contributed by atoms with Crippen LogP contribution in [0.4, 0.5) is 11.4 Å². The van der Waals surface area contributed by atoms with Crippen molar-refractivity contribution in [1.82, 2.24) is 4.57 Å². The number of carboxylic acid groups (broad SMARTS) is 1. The van der Waals surface area contributed by atoms with E-state index in [9.17, 15) is 20.1 Å². The smallest absolute Gasteiger partial charge is 0.305 e. The topological polar surface area (TPSA) is 110 Å². The van der Waals surface area contributed by atoms with Gasteiger partial charge in [0.25, 0.3) is 5.56 Å². The summed E-state index contributed by atoms with van der Waals surface area (Å²) in [5.41, 5.74) is 3.93. The second-order valence-corrected chi connectivity index (χ2v) is 9.77. The standard InChI is InChI=1S/C27H22N4O3S/c28-15-18(16-29)27-30(12-11-25(32)33)26(34)24(35-27)14-17-9-10-23-21(13-17)20-7-4-8-22(20)31(23)19-5-2-1-3-6-19/h1-3,5-6,9-10,13-14,20,22H,4,7-8,11-12H2,(H,32,33). The molecule has 2 atom stereocenters. The van der Waals surface area contributed by atoms with Crippen LogP contribution in [0.15, 0.2) is 53.3 Å². The van der Waals surface area contributed by atoms with Crippen LogP contribution in [0.2, 0.25) is 0 Å². The fourth-order valence-electron chi connectivity index (χ4n) is 5.28. The lowest BCUT2D eigenvalue weighted by molar-refractivity contribution is -0.137. The van der Waals surface area contributed by atoms with E-state index < -0.39 is 5.97 Å². The number of thiazole rings is 1. The van der Waals surface area contributed by atoms with E-state index in [1.54, 1.807) is 6.08 Å². The van der Waals surface area contributed by atoms with Gasteiger partial charge in [0.2, 0.25) is 0 Å². The van der Waals surface area contributed by atoms with Crippen molar-refractivity contribution in [2.45, 2.75) is 44.2 Å². The number of nitrogens with zero attached hydrogens (tertiary/aromatic N) is 4. The summed E-state index contributed by atoms with van der Waals surface area (Å²) in [6, 6.07) is 20.7. The van der Waals surface area contributed by atoms with Crippen LogP contribution in [0.1, 0.15) is 42.7 Å². The van der Waals surface area contributed by atoms with E-state index in [-0.39, 0.29) is 28.8 Å². The maximum atomic E-state index is 13.1. The Kier molecular flexibility index (Phi) is 5.98. The first-order valence-electron chi connectivity index (χ1n) is 11.5. The summed E-state index contributed by atoms with van der Waals surface area (Å²) >= 11 is 1.05. The number of carbonyl (C=O) groups is 1. The third-order valence-electron chi connectivity index (χ3n) is 6.75.